The molecule has 2 N–H and O–H groups in total. The fourth-order valence-corrected chi connectivity index (χ4v) is 2.38. The van der Waals surface area contributed by atoms with Crippen molar-refractivity contribution in [1.29, 1.82) is 0 Å². The lowest BCUT2D eigenvalue weighted by Crippen LogP contribution is -2.30. The molecule has 0 amide bonds. The van der Waals surface area contributed by atoms with Crippen molar-refractivity contribution < 1.29 is 0 Å². The van der Waals surface area contributed by atoms with Crippen molar-refractivity contribution >= 4 is 11.3 Å². The fourth-order valence-electron chi connectivity index (χ4n) is 1.41. The Labute approximate surface area is 90.7 Å². The van der Waals surface area contributed by atoms with Gasteiger partial charge in [0.25, 0.3) is 0 Å². The summed E-state index contributed by atoms with van der Waals surface area (Å²) < 4.78 is 0. The molecular weight excluding hydrogens is 192 g/mol. The van der Waals surface area contributed by atoms with Gasteiger partial charge in [-0.05, 0) is 50.9 Å². The Morgan fingerprint density at radius 1 is 1.57 bits per heavy atom. The van der Waals surface area contributed by atoms with E-state index in [0.29, 0.717) is 6.04 Å². The highest BCUT2D eigenvalue weighted by Crippen LogP contribution is 2.18. The third-order valence-electron chi connectivity index (χ3n) is 2.70. The van der Waals surface area contributed by atoms with Crippen molar-refractivity contribution in [1.82, 2.24) is 4.90 Å². The maximum absolute atomic E-state index is 5.55. The minimum Gasteiger partial charge on any atom is -0.330 e. The minimum atomic E-state index is 0.571. The summed E-state index contributed by atoms with van der Waals surface area (Å²) in [7, 11) is 2.17. The van der Waals surface area contributed by atoms with E-state index in [9.17, 15) is 0 Å². The van der Waals surface area contributed by atoms with Crippen LogP contribution in [0.25, 0.3) is 0 Å². The normalized spacial score (nSPS) is 13.5. The molecular formula is C11H20N2S. The van der Waals surface area contributed by atoms with Gasteiger partial charge in [0.2, 0.25) is 0 Å². The molecule has 80 valence electrons. The highest BCUT2D eigenvalue weighted by atomic mass is 32.1. The Morgan fingerprint density at radius 3 is 2.79 bits per heavy atom. The lowest BCUT2D eigenvalue weighted by Gasteiger charge is -2.23. The van der Waals surface area contributed by atoms with Crippen molar-refractivity contribution in [2.75, 3.05) is 13.6 Å². The molecule has 0 fully saturated rings. The maximum Gasteiger partial charge on any atom is 0.0330 e. The lowest BCUT2D eigenvalue weighted by molar-refractivity contribution is 0.242. The van der Waals surface area contributed by atoms with E-state index in [2.05, 4.69) is 37.2 Å². The molecule has 1 rings (SSSR count). The average Bonchev–Trinajstić information content (AvgIpc) is 2.52. The van der Waals surface area contributed by atoms with Crippen molar-refractivity contribution in [3.8, 4) is 0 Å². The number of aryl methyl sites for hydroxylation is 1. The van der Waals surface area contributed by atoms with Crippen LogP contribution in [0.3, 0.4) is 0 Å². The maximum atomic E-state index is 5.55. The van der Waals surface area contributed by atoms with Crippen LogP contribution in [-0.2, 0) is 6.54 Å². The second-order valence-corrected chi connectivity index (χ2v) is 4.87. The summed E-state index contributed by atoms with van der Waals surface area (Å²) in [4.78, 5) is 3.84. The van der Waals surface area contributed by atoms with Crippen molar-refractivity contribution in [3.63, 3.8) is 0 Å². The van der Waals surface area contributed by atoms with Crippen LogP contribution >= 0.6 is 11.3 Å². The van der Waals surface area contributed by atoms with Gasteiger partial charge in [-0.1, -0.05) is 0 Å². The lowest BCUT2D eigenvalue weighted by atomic mass is 10.2. The van der Waals surface area contributed by atoms with Crippen LogP contribution in [0, 0.1) is 6.92 Å². The number of nitrogens with two attached hydrogens (primary N) is 1. The van der Waals surface area contributed by atoms with E-state index in [-0.39, 0.29) is 0 Å². The summed E-state index contributed by atoms with van der Waals surface area (Å²) in [6, 6.07) is 2.75. The third kappa shape index (κ3) is 3.08. The summed E-state index contributed by atoms with van der Waals surface area (Å²) >= 11 is 1.84. The van der Waals surface area contributed by atoms with E-state index in [1.807, 2.05) is 11.3 Å². The zero-order chi connectivity index (χ0) is 10.6. The number of hydrogen-bond donors (Lipinski definition) is 1. The predicted octanol–water partition coefficient (Wildman–Crippen LogP) is 2.23. The van der Waals surface area contributed by atoms with Gasteiger partial charge in [-0.2, -0.15) is 0 Å². The van der Waals surface area contributed by atoms with Crippen LogP contribution < -0.4 is 5.73 Å². The molecule has 14 heavy (non-hydrogen) atoms. The third-order valence-corrected chi connectivity index (χ3v) is 3.71. The van der Waals surface area contributed by atoms with Gasteiger partial charge < -0.3 is 5.73 Å². The Morgan fingerprint density at radius 2 is 2.29 bits per heavy atom. The van der Waals surface area contributed by atoms with Crippen molar-refractivity contribution in [2.24, 2.45) is 5.73 Å². The molecule has 0 radical (unpaired) electrons. The average molecular weight is 212 g/mol. The standard InChI is InChI=1S/C11H20N2S/c1-9-5-7-14-11(9)8-13(3)10(2)4-6-12/h5,7,10H,4,6,8,12H2,1-3H3. The van der Waals surface area contributed by atoms with Crippen LogP contribution in [-0.4, -0.2) is 24.5 Å². The quantitative estimate of drug-likeness (QED) is 0.811. The molecule has 0 aliphatic carbocycles. The summed E-state index contributed by atoms with van der Waals surface area (Å²) in [5, 5.41) is 2.16. The molecule has 1 aromatic rings. The first-order valence-electron chi connectivity index (χ1n) is 5.08. The van der Waals surface area contributed by atoms with Gasteiger partial charge in [-0.3, -0.25) is 4.90 Å². The van der Waals surface area contributed by atoms with Crippen molar-refractivity contribution in [2.45, 2.75) is 32.9 Å². The highest BCUT2D eigenvalue weighted by Gasteiger charge is 2.10. The van der Waals surface area contributed by atoms with Gasteiger partial charge in [0.1, 0.15) is 0 Å². The molecule has 2 nitrogen and oxygen atoms in total. The second-order valence-electron chi connectivity index (χ2n) is 3.87. The molecule has 1 aromatic heterocycles. The Bertz CT molecular complexity index is 270. The van der Waals surface area contributed by atoms with E-state index in [1.165, 1.54) is 10.4 Å². The first-order chi connectivity index (χ1) is 6.65. The van der Waals surface area contributed by atoms with Gasteiger partial charge >= 0.3 is 0 Å². The van der Waals surface area contributed by atoms with Crippen LogP contribution in [0.5, 0.6) is 0 Å². The van der Waals surface area contributed by atoms with Crippen LogP contribution in [0.1, 0.15) is 23.8 Å². The molecule has 0 bridgehead atoms. The topological polar surface area (TPSA) is 29.3 Å². The Hall–Kier alpha value is -0.380. The van der Waals surface area contributed by atoms with Crippen LogP contribution in [0.4, 0.5) is 0 Å². The van der Waals surface area contributed by atoms with E-state index in [1.54, 1.807) is 0 Å². The van der Waals surface area contributed by atoms with Gasteiger partial charge in [0.05, 0.1) is 0 Å². The molecule has 0 saturated carbocycles. The van der Waals surface area contributed by atoms with Gasteiger partial charge in [-0.15, -0.1) is 11.3 Å². The Kier molecular flexibility index (Phi) is 4.58. The first-order valence-corrected chi connectivity index (χ1v) is 5.96. The minimum absolute atomic E-state index is 0.571. The van der Waals surface area contributed by atoms with Gasteiger partial charge in [0, 0.05) is 17.5 Å². The fraction of sp³-hybridized carbons (Fsp3) is 0.636. The molecule has 0 aromatic carbocycles. The molecule has 1 heterocycles. The van der Waals surface area contributed by atoms with E-state index in [4.69, 9.17) is 5.73 Å². The molecule has 0 spiro atoms. The first kappa shape index (κ1) is 11.7. The number of hydrogen-bond acceptors (Lipinski definition) is 3. The number of thiophene rings is 1. The molecule has 3 heteroatoms. The smallest absolute Gasteiger partial charge is 0.0330 e. The van der Waals surface area contributed by atoms with E-state index < -0.39 is 0 Å². The number of nitrogens with zero attached hydrogens (tertiary/aromatic N) is 1. The second kappa shape index (κ2) is 5.49. The summed E-state index contributed by atoms with van der Waals surface area (Å²) in [5.41, 5.74) is 6.95. The van der Waals surface area contributed by atoms with Gasteiger partial charge in [-0.25, -0.2) is 0 Å². The SMILES string of the molecule is Cc1ccsc1CN(C)C(C)CCN. The zero-order valence-corrected chi connectivity index (χ0v) is 10.1. The summed E-state index contributed by atoms with van der Waals surface area (Å²) in [5.74, 6) is 0. The largest absolute Gasteiger partial charge is 0.330 e. The van der Waals surface area contributed by atoms with Crippen LogP contribution in [0.15, 0.2) is 11.4 Å². The predicted molar refractivity (Wildman–Crippen MR) is 63.7 cm³/mol. The van der Waals surface area contributed by atoms with Crippen molar-refractivity contribution in [3.05, 3.63) is 21.9 Å². The van der Waals surface area contributed by atoms with Crippen LogP contribution in [0.2, 0.25) is 0 Å². The Balaban J connectivity index is 2.48. The molecule has 0 aliphatic heterocycles. The summed E-state index contributed by atoms with van der Waals surface area (Å²) in [6.45, 7) is 6.22. The monoisotopic (exact) mass is 212 g/mol. The molecule has 1 unspecified atom stereocenters. The van der Waals surface area contributed by atoms with E-state index >= 15 is 0 Å². The zero-order valence-electron chi connectivity index (χ0n) is 9.29. The molecule has 0 aliphatic rings. The molecule has 0 saturated heterocycles. The highest BCUT2D eigenvalue weighted by molar-refractivity contribution is 7.10. The number of rotatable bonds is 5. The summed E-state index contributed by atoms with van der Waals surface area (Å²) in [6.07, 6.45) is 1.07. The van der Waals surface area contributed by atoms with Gasteiger partial charge in [0.15, 0.2) is 0 Å². The molecule has 1 atom stereocenters. The van der Waals surface area contributed by atoms with E-state index in [0.717, 1.165) is 19.5 Å².